The molecule has 8 heteroatoms. The van der Waals surface area contributed by atoms with Crippen LogP contribution in [0.3, 0.4) is 0 Å². The van der Waals surface area contributed by atoms with E-state index in [4.69, 9.17) is 11.6 Å². The van der Waals surface area contributed by atoms with E-state index in [9.17, 15) is 9.90 Å². The third-order valence-electron chi connectivity index (χ3n) is 7.90. The second-order valence-corrected chi connectivity index (χ2v) is 10.3. The van der Waals surface area contributed by atoms with Gasteiger partial charge in [-0.1, -0.05) is 11.6 Å². The Morgan fingerprint density at radius 3 is 2.55 bits per heavy atom. The summed E-state index contributed by atoms with van der Waals surface area (Å²) >= 11 is 6.69. The van der Waals surface area contributed by atoms with Crippen LogP contribution < -0.4 is 15.5 Å². The van der Waals surface area contributed by atoms with Crippen LogP contribution in [0.2, 0.25) is 5.02 Å². The predicted molar refractivity (Wildman–Crippen MR) is 112 cm³/mol. The zero-order valence-electron chi connectivity index (χ0n) is 17.3. The third-order valence-corrected chi connectivity index (χ3v) is 8.25. The standard InChI is InChI=1S/C21H32ClN5O2/c1-26(15-3-5-23-6-4-15)20-16(22)18(25-27(20)2)19(28)24-17-13-7-12-8-14(17)11-21(29,9-12)10-13/h12-15,17,23,29H,3-11H2,1-2H3,(H,24,28)/t12?,13?,14?,17-,21-. The number of nitrogens with one attached hydrogen (secondary N) is 2. The summed E-state index contributed by atoms with van der Waals surface area (Å²) in [5, 5.41) is 22.3. The van der Waals surface area contributed by atoms with Crippen LogP contribution in [-0.2, 0) is 7.05 Å². The lowest BCUT2D eigenvalue weighted by molar-refractivity contribution is -0.136. The molecular formula is C21H32ClN5O2. The van der Waals surface area contributed by atoms with E-state index in [1.807, 2.05) is 14.1 Å². The van der Waals surface area contributed by atoms with Crippen LogP contribution in [-0.4, -0.2) is 58.6 Å². The number of aryl methyl sites for hydroxylation is 1. The van der Waals surface area contributed by atoms with Gasteiger partial charge in [-0.2, -0.15) is 5.10 Å². The summed E-state index contributed by atoms with van der Waals surface area (Å²) in [6.45, 7) is 1.99. The number of hydrogen-bond donors (Lipinski definition) is 3. The normalized spacial score (nSPS) is 36.4. The fraction of sp³-hybridized carbons (Fsp3) is 0.810. The van der Waals surface area contributed by atoms with Gasteiger partial charge in [0.1, 0.15) is 10.8 Å². The molecule has 0 radical (unpaired) electrons. The summed E-state index contributed by atoms with van der Waals surface area (Å²) in [6.07, 6.45) is 6.89. The lowest BCUT2D eigenvalue weighted by Gasteiger charge is -2.58. The van der Waals surface area contributed by atoms with Gasteiger partial charge >= 0.3 is 0 Å². The molecule has 1 amide bonds. The van der Waals surface area contributed by atoms with E-state index in [0.717, 1.165) is 63.9 Å². The van der Waals surface area contributed by atoms with Crippen molar-refractivity contribution in [2.75, 3.05) is 25.0 Å². The van der Waals surface area contributed by atoms with Crippen LogP contribution in [0, 0.1) is 17.8 Å². The van der Waals surface area contributed by atoms with E-state index in [1.54, 1.807) is 4.68 Å². The molecule has 0 aromatic carbocycles. The first-order valence-corrected chi connectivity index (χ1v) is 11.4. The molecule has 3 N–H and O–H groups in total. The quantitative estimate of drug-likeness (QED) is 0.692. The Balaban J connectivity index is 1.33. The van der Waals surface area contributed by atoms with Gasteiger partial charge in [-0.25, -0.2) is 0 Å². The average molecular weight is 422 g/mol. The van der Waals surface area contributed by atoms with Gasteiger partial charge < -0.3 is 20.6 Å². The molecule has 4 aliphatic carbocycles. The maximum Gasteiger partial charge on any atom is 0.273 e. The van der Waals surface area contributed by atoms with Crippen LogP contribution >= 0.6 is 11.6 Å². The highest BCUT2D eigenvalue weighted by Gasteiger charge is 2.55. The van der Waals surface area contributed by atoms with E-state index in [-0.39, 0.29) is 11.9 Å². The molecule has 2 heterocycles. The van der Waals surface area contributed by atoms with Crippen molar-refractivity contribution in [3.63, 3.8) is 0 Å². The Morgan fingerprint density at radius 2 is 1.93 bits per heavy atom. The molecule has 160 valence electrons. The number of hydrogen-bond acceptors (Lipinski definition) is 5. The predicted octanol–water partition coefficient (Wildman–Crippen LogP) is 1.93. The Labute approximate surface area is 177 Å². The second-order valence-electron chi connectivity index (χ2n) is 9.90. The van der Waals surface area contributed by atoms with Gasteiger partial charge in [-0.05, 0) is 75.8 Å². The number of piperidine rings is 1. The van der Waals surface area contributed by atoms with Crippen molar-refractivity contribution >= 4 is 23.3 Å². The topological polar surface area (TPSA) is 82.4 Å². The average Bonchev–Trinajstić information content (AvgIpc) is 2.97. The molecule has 1 aliphatic heterocycles. The Morgan fingerprint density at radius 1 is 1.28 bits per heavy atom. The zero-order chi connectivity index (χ0) is 20.3. The van der Waals surface area contributed by atoms with Crippen molar-refractivity contribution in [1.29, 1.82) is 0 Å². The van der Waals surface area contributed by atoms with Crippen molar-refractivity contribution in [1.82, 2.24) is 20.4 Å². The number of carbonyl (C=O) groups is 1. The first-order chi connectivity index (χ1) is 13.8. The van der Waals surface area contributed by atoms with E-state index >= 15 is 0 Å². The van der Waals surface area contributed by atoms with Crippen molar-refractivity contribution in [2.24, 2.45) is 24.8 Å². The Kier molecular flexibility index (Phi) is 4.83. The fourth-order valence-corrected chi connectivity index (χ4v) is 7.20. The number of rotatable bonds is 4. The Bertz CT molecular complexity index is 789. The summed E-state index contributed by atoms with van der Waals surface area (Å²) in [4.78, 5) is 15.3. The van der Waals surface area contributed by atoms with Gasteiger partial charge in [-0.3, -0.25) is 9.48 Å². The molecular weight excluding hydrogens is 390 g/mol. The number of halogens is 1. The summed E-state index contributed by atoms with van der Waals surface area (Å²) in [5.74, 6) is 1.99. The minimum absolute atomic E-state index is 0.128. The highest BCUT2D eigenvalue weighted by atomic mass is 35.5. The molecule has 29 heavy (non-hydrogen) atoms. The lowest BCUT2D eigenvalue weighted by Crippen LogP contribution is -2.61. The molecule has 1 aromatic heterocycles. The molecule has 0 spiro atoms. The van der Waals surface area contributed by atoms with Crippen LogP contribution in [0.1, 0.15) is 55.4 Å². The maximum absolute atomic E-state index is 13.1. The smallest absolute Gasteiger partial charge is 0.273 e. The third kappa shape index (κ3) is 3.35. The molecule has 2 atom stereocenters. The lowest BCUT2D eigenvalue weighted by atomic mass is 9.52. The molecule has 6 rings (SSSR count). The van der Waals surface area contributed by atoms with Crippen LogP contribution in [0.5, 0.6) is 0 Å². The number of amides is 1. The minimum Gasteiger partial charge on any atom is -0.390 e. The molecule has 5 aliphatic rings. The van der Waals surface area contributed by atoms with Gasteiger partial charge in [-0.15, -0.1) is 0 Å². The van der Waals surface area contributed by atoms with Crippen LogP contribution in [0.25, 0.3) is 0 Å². The fourth-order valence-electron chi connectivity index (χ4n) is 6.82. The highest BCUT2D eigenvalue weighted by Crippen LogP contribution is 2.55. The molecule has 2 unspecified atom stereocenters. The number of aliphatic hydroxyl groups is 1. The zero-order valence-corrected chi connectivity index (χ0v) is 18.1. The largest absolute Gasteiger partial charge is 0.390 e. The molecule has 5 fully saturated rings. The highest BCUT2D eigenvalue weighted by molar-refractivity contribution is 6.36. The van der Waals surface area contributed by atoms with Crippen LogP contribution in [0.15, 0.2) is 0 Å². The van der Waals surface area contributed by atoms with E-state index in [2.05, 4.69) is 20.6 Å². The second kappa shape index (κ2) is 7.13. The number of aromatic nitrogens is 2. The maximum atomic E-state index is 13.1. The van der Waals surface area contributed by atoms with E-state index in [0.29, 0.717) is 34.5 Å². The molecule has 1 aromatic rings. The number of carbonyl (C=O) groups excluding carboxylic acids is 1. The van der Waals surface area contributed by atoms with Crippen LogP contribution in [0.4, 0.5) is 5.82 Å². The monoisotopic (exact) mass is 421 g/mol. The number of nitrogens with zero attached hydrogens (tertiary/aromatic N) is 3. The summed E-state index contributed by atoms with van der Waals surface area (Å²) < 4.78 is 1.74. The van der Waals surface area contributed by atoms with E-state index in [1.165, 1.54) is 0 Å². The van der Waals surface area contributed by atoms with Gasteiger partial charge in [0.2, 0.25) is 0 Å². The van der Waals surface area contributed by atoms with Gasteiger partial charge in [0.05, 0.1) is 5.60 Å². The first kappa shape index (κ1) is 19.6. The van der Waals surface area contributed by atoms with E-state index < -0.39 is 5.60 Å². The Hall–Kier alpha value is -1.31. The summed E-state index contributed by atoms with van der Waals surface area (Å²) in [6, 6.07) is 0.522. The first-order valence-electron chi connectivity index (χ1n) is 11.0. The number of anilines is 1. The van der Waals surface area contributed by atoms with Crippen molar-refractivity contribution in [3.8, 4) is 0 Å². The van der Waals surface area contributed by atoms with Crippen molar-refractivity contribution in [2.45, 2.75) is 62.6 Å². The van der Waals surface area contributed by atoms with Crippen molar-refractivity contribution < 1.29 is 9.90 Å². The SMILES string of the molecule is CN(c1c(Cl)c(C(=O)N[C@H]2C3CC4CC2C[C@](O)(C4)C3)nn1C)C1CCNCC1. The van der Waals surface area contributed by atoms with Gasteiger partial charge in [0.25, 0.3) is 5.91 Å². The summed E-state index contributed by atoms with van der Waals surface area (Å²) in [7, 11) is 3.90. The molecule has 1 saturated heterocycles. The molecule has 4 saturated carbocycles. The summed E-state index contributed by atoms with van der Waals surface area (Å²) in [5.41, 5.74) is -0.178. The molecule has 7 nitrogen and oxygen atoms in total. The van der Waals surface area contributed by atoms with Crippen molar-refractivity contribution in [3.05, 3.63) is 10.7 Å². The molecule has 4 bridgehead atoms. The van der Waals surface area contributed by atoms with Gasteiger partial charge in [0, 0.05) is 26.2 Å². The van der Waals surface area contributed by atoms with Gasteiger partial charge in [0.15, 0.2) is 5.69 Å². The minimum atomic E-state index is -0.495.